The lowest BCUT2D eigenvalue weighted by Gasteiger charge is -2.14. The highest BCUT2D eigenvalue weighted by Crippen LogP contribution is 2.00. The van der Waals surface area contributed by atoms with Crippen molar-refractivity contribution >= 4 is 17.8 Å². The molecule has 0 rings (SSSR count). The zero-order valence-electron chi connectivity index (χ0n) is 8.32. The van der Waals surface area contributed by atoms with E-state index in [0.29, 0.717) is 0 Å². The average molecular weight is 215 g/mol. The Labute approximate surface area is 86.6 Å². The van der Waals surface area contributed by atoms with E-state index >= 15 is 0 Å². The first-order chi connectivity index (χ1) is 6.82. The van der Waals surface area contributed by atoms with E-state index in [4.69, 9.17) is 10.2 Å². The van der Waals surface area contributed by atoms with Gasteiger partial charge >= 0.3 is 11.9 Å². The first kappa shape index (κ1) is 13.2. The molecule has 15 heavy (non-hydrogen) atoms. The average Bonchev–Trinajstić information content (AvgIpc) is 2.00. The van der Waals surface area contributed by atoms with E-state index in [1.165, 1.54) is 6.92 Å². The normalized spacial score (nSPS) is 9.73. The van der Waals surface area contributed by atoms with Crippen molar-refractivity contribution in [1.29, 1.82) is 0 Å². The van der Waals surface area contributed by atoms with Crippen LogP contribution in [0.25, 0.3) is 0 Å². The minimum atomic E-state index is -1.16. The van der Waals surface area contributed by atoms with Gasteiger partial charge in [0.05, 0.1) is 18.9 Å². The van der Waals surface area contributed by atoms with Crippen LogP contribution in [0.4, 0.5) is 0 Å². The Morgan fingerprint density at radius 1 is 1.20 bits per heavy atom. The van der Waals surface area contributed by atoms with Crippen LogP contribution in [0.3, 0.4) is 0 Å². The van der Waals surface area contributed by atoms with E-state index in [1.807, 2.05) is 0 Å². The summed E-state index contributed by atoms with van der Waals surface area (Å²) in [5.41, 5.74) is 0.204. The molecular weight excluding hydrogens is 202 g/mol. The monoisotopic (exact) mass is 215 g/mol. The molecule has 0 saturated carbocycles. The molecule has 0 saturated heterocycles. The van der Waals surface area contributed by atoms with Gasteiger partial charge in [0.25, 0.3) is 0 Å². The summed E-state index contributed by atoms with van der Waals surface area (Å²) in [5.74, 6) is -2.87. The molecule has 84 valence electrons. The summed E-state index contributed by atoms with van der Waals surface area (Å²) >= 11 is 0. The first-order valence-corrected chi connectivity index (χ1v) is 4.23. The maximum atomic E-state index is 11.1. The van der Waals surface area contributed by atoms with Crippen molar-refractivity contribution in [2.75, 3.05) is 0 Å². The molecule has 6 heteroatoms. The van der Waals surface area contributed by atoms with E-state index in [9.17, 15) is 14.4 Å². The third kappa shape index (κ3) is 6.25. The Bertz CT molecular complexity index is 281. The lowest BCUT2D eigenvalue weighted by atomic mass is 10.1. The molecule has 6 nitrogen and oxygen atoms in total. The number of carboxylic acids is 2. The molecular formula is C9H13NO5. The van der Waals surface area contributed by atoms with Gasteiger partial charge in [-0.1, -0.05) is 6.58 Å². The highest BCUT2D eigenvalue weighted by atomic mass is 16.4. The summed E-state index contributed by atoms with van der Waals surface area (Å²) in [5, 5.41) is 19.2. The van der Waals surface area contributed by atoms with Gasteiger partial charge in [0.15, 0.2) is 0 Å². The molecule has 0 spiro atoms. The van der Waals surface area contributed by atoms with E-state index in [-0.39, 0.29) is 5.57 Å². The second-order valence-corrected chi connectivity index (χ2v) is 3.15. The summed E-state index contributed by atoms with van der Waals surface area (Å²) in [6.07, 6.45) is -0.851. The van der Waals surface area contributed by atoms with Crippen LogP contribution in [0.15, 0.2) is 12.2 Å². The van der Waals surface area contributed by atoms with Gasteiger partial charge in [-0.3, -0.25) is 14.4 Å². The van der Waals surface area contributed by atoms with Crippen LogP contribution in [0.5, 0.6) is 0 Å². The molecule has 0 aromatic carbocycles. The van der Waals surface area contributed by atoms with Gasteiger partial charge in [-0.2, -0.15) is 0 Å². The Kier molecular flexibility index (Phi) is 5.08. The van der Waals surface area contributed by atoms with Crippen LogP contribution >= 0.6 is 0 Å². The number of carbonyl (C=O) groups is 3. The molecule has 0 heterocycles. The summed E-state index contributed by atoms with van der Waals surface area (Å²) < 4.78 is 0. The summed E-state index contributed by atoms with van der Waals surface area (Å²) in [4.78, 5) is 31.9. The molecule has 0 unspecified atom stereocenters. The van der Waals surface area contributed by atoms with E-state index in [1.54, 1.807) is 0 Å². The summed E-state index contributed by atoms with van der Waals surface area (Å²) in [7, 11) is 0. The SMILES string of the molecule is C=C(C)C(=O)NC(CC(=O)O)CC(=O)O. The molecule has 3 N–H and O–H groups in total. The fourth-order valence-electron chi connectivity index (χ4n) is 0.904. The first-order valence-electron chi connectivity index (χ1n) is 4.23. The number of aliphatic carboxylic acids is 2. The smallest absolute Gasteiger partial charge is 0.305 e. The second kappa shape index (κ2) is 5.79. The van der Waals surface area contributed by atoms with Gasteiger partial charge in [0.1, 0.15) is 0 Å². The van der Waals surface area contributed by atoms with E-state index in [0.717, 1.165) is 0 Å². The highest BCUT2D eigenvalue weighted by molar-refractivity contribution is 5.92. The molecule has 0 aromatic rings. The molecule has 0 aliphatic heterocycles. The number of carboxylic acid groups (broad SMARTS) is 2. The number of hydrogen-bond donors (Lipinski definition) is 3. The Balaban J connectivity index is 4.36. The van der Waals surface area contributed by atoms with Gasteiger partial charge < -0.3 is 15.5 Å². The quantitative estimate of drug-likeness (QED) is 0.541. The van der Waals surface area contributed by atoms with Crippen molar-refractivity contribution in [2.45, 2.75) is 25.8 Å². The molecule has 0 atom stereocenters. The van der Waals surface area contributed by atoms with Gasteiger partial charge in [-0.15, -0.1) is 0 Å². The zero-order chi connectivity index (χ0) is 12.0. The molecule has 0 fully saturated rings. The van der Waals surface area contributed by atoms with Crippen molar-refractivity contribution in [3.63, 3.8) is 0 Å². The maximum absolute atomic E-state index is 11.1. The zero-order valence-corrected chi connectivity index (χ0v) is 8.32. The Morgan fingerprint density at radius 2 is 1.60 bits per heavy atom. The lowest BCUT2D eigenvalue weighted by Crippen LogP contribution is -2.38. The molecule has 0 aliphatic rings. The third-order valence-electron chi connectivity index (χ3n) is 1.56. The molecule has 0 bridgehead atoms. The van der Waals surface area contributed by atoms with Gasteiger partial charge in [0.2, 0.25) is 5.91 Å². The molecule has 1 amide bonds. The minimum Gasteiger partial charge on any atom is -0.481 e. The van der Waals surface area contributed by atoms with Crippen molar-refractivity contribution in [1.82, 2.24) is 5.32 Å². The van der Waals surface area contributed by atoms with Crippen molar-refractivity contribution in [3.05, 3.63) is 12.2 Å². The van der Waals surface area contributed by atoms with Gasteiger partial charge in [0, 0.05) is 5.57 Å². The second-order valence-electron chi connectivity index (χ2n) is 3.15. The van der Waals surface area contributed by atoms with Crippen LogP contribution < -0.4 is 5.32 Å². The van der Waals surface area contributed by atoms with Crippen molar-refractivity contribution < 1.29 is 24.6 Å². The Morgan fingerprint density at radius 3 is 1.87 bits per heavy atom. The van der Waals surface area contributed by atoms with Crippen LogP contribution in [-0.2, 0) is 14.4 Å². The number of carbonyl (C=O) groups excluding carboxylic acids is 1. The molecule has 0 aromatic heterocycles. The third-order valence-corrected chi connectivity index (χ3v) is 1.56. The fraction of sp³-hybridized carbons (Fsp3) is 0.444. The van der Waals surface area contributed by atoms with Crippen LogP contribution in [0, 0.1) is 0 Å². The maximum Gasteiger partial charge on any atom is 0.305 e. The van der Waals surface area contributed by atoms with Crippen LogP contribution in [0.2, 0.25) is 0 Å². The van der Waals surface area contributed by atoms with Gasteiger partial charge in [-0.05, 0) is 6.92 Å². The van der Waals surface area contributed by atoms with Gasteiger partial charge in [-0.25, -0.2) is 0 Å². The summed E-state index contributed by atoms with van der Waals surface area (Å²) in [6, 6.07) is -0.913. The predicted molar refractivity (Wildman–Crippen MR) is 51.3 cm³/mol. The number of hydrogen-bond acceptors (Lipinski definition) is 3. The standard InChI is InChI=1S/C9H13NO5/c1-5(2)9(15)10-6(3-7(11)12)4-8(13)14/h6H,1,3-4H2,2H3,(H,10,15)(H,11,12)(H,13,14). The summed E-state index contributed by atoms with van der Waals surface area (Å²) in [6.45, 7) is 4.81. The molecule has 0 aliphatic carbocycles. The highest BCUT2D eigenvalue weighted by Gasteiger charge is 2.19. The predicted octanol–water partition coefficient (Wildman–Crippen LogP) is -0.00330. The van der Waals surface area contributed by atoms with Crippen LogP contribution in [0.1, 0.15) is 19.8 Å². The largest absolute Gasteiger partial charge is 0.481 e. The van der Waals surface area contributed by atoms with E-state index in [2.05, 4.69) is 11.9 Å². The topological polar surface area (TPSA) is 104 Å². The lowest BCUT2D eigenvalue weighted by molar-refractivity contribution is -0.139. The number of rotatable bonds is 6. The fourth-order valence-corrected chi connectivity index (χ4v) is 0.904. The number of amides is 1. The van der Waals surface area contributed by atoms with Crippen molar-refractivity contribution in [2.24, 2.45) is 0 Å². The Hall–Kier alpha value is -1.85. The number of nitrogens with one attached hydrogen (secondary N) is 1. The molecule has 0 radical (unpaired) electrons. The van der Waals surface area contributed by atoms with E-state index < -0.39 is 36.7 Å². The minimum absolute atomic E-state index is 0.204. The van der Waals surface area contributed by atoms with Crippen molar-refractivity contribution in [3.8, 4) is 0 Å². The van der Waals surface area contributed by atoms with Crippen LogP contribution in [-0.4, -0.2) is 34.1 Å².